The topological polar surface area (TPSA) is 49.5 Å². The molecule has 1 saturated heterocycles. The Morgan fingerprint density at radius 3 is 2.40 bits per heavy atom. The van der Waals surface area contributed by atoms with Gasteiger partial charge in [0.05, 0.1) is 6.61 Å². The van der Waals surface area contributed by atoms with Gasteiger partial charge in [0.2, 0.25) is 0 Å². The van der Waals surface area contributed by atoms with Crippen molar-refractivity contribution in [2.24, 2.45) is 5.73 Å². The molecule has 1 heterocycles. The van der Waals surface area contributed by atoms with Gasteiger partial charge in [0.1, 0.15) is 0 Å². The van der Waals surface area contributed by atoms with Gasteiger partial charge < -0.3 is 10.8 Å². The van der Waals surface area contributed by atoms with Crippen LogP contribution in [0, 0.1) is 0 Å². The zero-order valence-electron chi connectivity index (χ0n) is 6.45. The lowest BCUT2D eigenvalue weighted by Crippen LogP contribution is -2.38. The van der Waals surface area contributed by atoms with Crippen LogP contribution in [0.2, 0.25) is 0 Å². The van der Waals surface area contributed by atoms with E-state index in [1.54, 1.807) is 0 Å². The summed E-state index contributed by atoms with van der Waals surface area (Å²) in [6, 6.07) is 0.852. The molecule has 3 N–H and O–H groups in total. The summed E-state index contributed by atoms with van der Waals surface area (Å²) in [4.78, 5) is 2.18. The molecular formula is C7H16N2O. The van der Waals surface area contributed by atoms with Gasteiger partial charge in [0, 0.05) is 18.6 Å². The molecule has 0 aliphatic carbocycles. The third-order valence-corrected chi connectivity index (χ3v) is 2.47. The summed E-state index contributed by atoms with van der Waals surface area (Å²) in [5.41, 5.74) is 5.52. The van der Waals surface area contributed by atoms with Gasteiger partial charge in [-0.1, -0.05) is 0 Å². The average molecular weight is 144 g/mol. The third kappa shape index (κ3) is 1.31. The molecule has 0 spiro atoms. The molecule has 1 fully saturated rings. The Balaban J connectivity index is 2.41. The molecule has 0 aromatic heterocycles. The molecule has 3 heteroatoms. The van der Waals surface area contributed by atoms with Gasteiger partial charge in [0.15, 0.2) is 0 Å². The summed E-state index contributed by atoms with van der Waals surface area (Å²) in [6.45, 7) is 0.986. The molecular weight excluding hydrogens is 128 g/mol. The van der Waals surface area contributed by atoms with Crippen molar-refractivity contribution in [1.29, 1.82) is 0 Å². The summed E-state index contributed by atoms with van der Waals surface area (Å²) < 4.78 is 0. The molecule has 1 rings (SSSR count). The van der Waals surface area contributed by atoms with Crippen LogP contribution in [0.5, 0.6) is 0 Å². The Morgan fingerprint density at radius 2 is 2.10 bits per heavy atom. The van der Waals surface area contributed by atoms with E-state index in [0.717, 1.165) is 12.8 Å². The number of hydrogen-bond acceptors (Lipinski definition) is 3. The van der Waals surface area contributed by atoms with E-state index in [1.165, 1.54) is 0 Å². The molecule has 3 nitrogen and oxygen atoms in total. The lowest BCUT2D eigenvalue weighted by Gasteiger charge is -2.22. The quantitative estimate of drug-likeness (QED) is 0.544. The largest absolute Gasteiger partial charge is 0.395 e. The number of likely N-dealkylation sites (tertiary alicyclic amines) is 1. The maximum absolute atomic E-state index is 8.87. The first-order chi connectivity index (χ1) is 4.79. The minimum absolute atomic E-state index is 0.271. The monoisotopic (exact) mass is 144 g/mol. The highest BCUT2D eigenvalue weighted by atomic mass is 16.3. The van der Waals surface area contributed by atoms with Crippen molar-refractivity contribution in [3.05, 3.63) is 0 Å². The Hall–Kier alpha value is -0.120. The van der Waals surface area contributed by atoms with Crippen molar-refractivity contribution in [1.82, 2.24) is 4.90 Å². The van der Waals surface area contributed by atoms with Crippen molar-refractivity contribution in [2.75, 3.05) is 20.2 Å². The molecule has 0 bridgehead atoms. The predicted octanol–water partition coefficient (Wildman–Crippen LogP) is -0.600. The Bertz CT molecular complexity index is 95.8. The van der Waals surface area contributed by atoms with Gasteiger partial charge in [-0.25, -0.2) is 0 Å². The van der Waals surface area contributed by atoms with Crippen molar-refractivity contribution in [3.63, 3.8) is 0 Å². The molecule has 2 atom stereocenters. The van der Waals surface area contributed by atoms with Gasteiger partial charge in [-0.05, 0) is 19.9 Å². The summed E-state index contributed by atoms with van der Waals surface area (Å²) in [5.74, 6) is 0. The van der Waals surface area contributed by atoms with Gasteiger partial charge in [-0.2, -0.15) is 0 Å². The minimum atomic E-state index is 0.271. The molecule has 1 aliphatic heterocycles. The number of nitrogens with two attached hydrogens (primary N) is 1. The van der Waals surface area contributed by atoms with E-state index in [0.29, 0.717) is 18.6 Å². The van der Waals surface area contributed by atoms with Crippen LogP contribution in [0.25, 0.3) is 0 Å². The van der Waals surface area contributed by atoms with Crippen molar-refractivity contribution in [3.8, 4) is 0 Å². The maximum atomic E-state index is 8.87. The molecule has 0 radical (unpaired) electrons. The molecule has 0 aromatic carbocycles. The molecule has 60 valence electrons. The van der Waals surface area contributed by atoms with Crippen LogP contribution in [0.15, 0.2) is 0 Å². The third-order valence-electron chi connectivity index (χ3n) is 2.47. The van der Waals surface area contributed by atoms with Crippen LogP contribution in [0.4, 0.5) is 0 Å². The number of likely N-dealkylation sites (N-methyl/N-ethyl adjacent to an activating group) is 1. The number of aliphatic hydroxyl groups is 1. The smallest absolute Gasteiger partial charge is 0.0586 e. The molecule has 0 unspecified atom stereocenters. The zero-order chi connectivity index (χ0) is 7.56. The molecule has 0 saturated carbocycles. The summed E-state index contributed by atoms with van der Waals surface area (Å²) >= 11 is 0. The van der Waals surface area contributed by atoms with E-state index >= 15 is 0 Å². The van der Waals surface area contributed by atoms with Crippen molar-refractivity contribution < 1.29 is 5.11 Å². The van der Waals surface area contributed by atoms with Crippen LogP contribution >= 0.6 is 0 Å². The molecule has 0 aromatic rings. The number of rotatable bonds is 2. The van der Waals surface area contributed by atoms with E-state index in [2.05, 4.69) is 4.90 Å². The van der Waals surface area contributed by atoms with E-state index in [9.17, 15) is 0 Å². The number of aliphatic hydroxyl groups excluding tert-OH is 1. The van der Waals surface area contributed by atoms with Gasteiger partial charge in [-0.3, -0.25) is 4.90 Å². The fraction of sp³-hybridized carbons (Fsp3) is 1.00. The van der Waals surface area contributed by atoms with Gasteiger partial charge >= 0.3 is 0 Å². The van der Waals surface area contributed by atoms with Crippen LogP contribution in [-0.2, 0) is 0 Å². The highest BCUT2D eigenvalue weighted by Crippen LogP contribution is 2.20. The van der Waals surface area contributed by atoms with Crippen molar-refractivity contribution >= 4 is 0 Å². The highest BCUT2D eigenvalue weighted by Gasteiger charge is 2.28. The molecule has 10 heavy (non-hydrogen) atoms. The maximum Gasteiger partial charge on any atom is 0.0586 e. The second-order valence-electron chi connectivity index (χ2n) is 2.97. The van der Waals surface area contributed by atoms with Crippen molar-refractivity contribution in [2.45, 2.75) is 24.9 Å². The SMILES string of the molecule is CN1[C@H](CN)CC[C@@H]1CO. The predicted molar refractivity (Wildman–Crippen MR) is 40.7 cm³/mol. The highest BCUT2D eigenvalue weighted by molar-refractivity contribution is 4.84. The number of hydrogen-bond donors (Lipinski definition) is 2. The second kappa shape index (κ2) is 3.32. The first-order valence-electron chi connectivity index (χ1n) is 3.82. The average Bonchev–Trinajstić information content (AvgIpc) is 2.30. The van der Waals surface area contributed by atoms with Crippen LogP contribution in [-0.4, -0.2) is 42.3 Å². The summed E-state index contributed by atoms with van der Waals surface area (Å²) in [6.07, 6.45) is 2.23. The molecule has 1 aliphatic rings. The fourth-order valence-electron chi connectivity index (χ4n) is 1.59. The van der Waals surface area contributed by atoms with E-state index in [-0.39, 0.29) is 6.61 Å². The summed E-state index contributed by atoms with van der Waals surface area (Å²) in [7, 11) is 2.03. The van der Waals surface area contributed by atoms with E-state index in [4.69, 9.17) is 10.8 Å². The first-order valence-corrected chi connectivity index (χ1v) is 3.82. The Morgan fingerprint density at radius 1 is 1.50 bits per heavy atom. The van der Waals surface area contributed by atoms with Gasteiger partial charge in [0.25, 0.3) is 0 Å². The normalized spacial score (nSPS) is 35.1. The fourth-order valence-corrected chi connectivity index (χ4v) is 1.59. The van der Waals surface area contributed by atoms with Crippen LogP contribution < -0.4 is 5.73 Å². The second-order valence-corrected chi connectivity index (χ2v) is 2.97. The Kier molecular flexibility index (Phi) is 2.65. The standard InChI is InChI=1S/C7H16N2O/c1-9-6(4-8)2-3-7(9)5-10/h6-7,10H,2-5,8H2,1H3/t6-,7+/m0/s1. The van der Waals surface area contributed by atoms with E-state index < -0.39 is 0 Å². The lowest BCUT2D eigenvalue weighted by atomic mass is 10.2. The molecule has 0 amide bonds. The summed E-state index contributed by atoms with van der Waals surface area (Å²) in [5, 5.41) is 8.87. The lowest BCUT2D eigenvalue weighted by molar-refractivity contribution is 0.157. The van der Waals surface area contributed by atoms with E-state index in [1.807, 2.05) is 7.05 Å². The van der Waals surface area contributed by atoms with Crippen LogP contribution in [0.1, 0.15) is 12.8 Å². The zero-order valence-corrected chi connectivity index (χ0v) is 6.45. The first kappa shape index (κ1) is 7.98. The minimum Gasteiger partial charge on any atom is -0.395 e. The van der Waals surface area contributed by atoms with Crippen LogP contribution in [0.3, 0.4) is 0 Å². The number of nitrogens with zero attached hydrogens (tertiary/aromatic N) is 1. The Labute approximate surface area is 61.8 Å². The van der Waals surface area contributed by atoms with Gasteiger partial charge in [-0.15, -0.1) is 0 Å².